The van der Waals surface area contributed by atoms with Crippen LogP contribution in [-0.4, -0.2) is 23.5 Å². The summed E-state index contributed by atoms with van der Waals surface area (Å²) in [6.45, 7) is 2.02. The number of halogens is 1. The molecular formula is C15H20ClNO3S. The highest BCUT2D eigenvalue weighted by Crippen LogP contribution is 2.36. The molecule has 1 saturated carbocycles. The molecule has 0 aromatic carbocycles. The number of nitrogens with one attached hydrogen (secondary N) is 1. The molecular weight excluding hydrogens is 310 g/mol. The normalized spacial score (nSPS) is 19.0. The number of carboxylic acids is 1. The largest absolute Gasteiger partial charge is 0.481 e. The van der Waals surface area contributed by atoms with Gasteiger partial charge in [0.15, 0.2) is 0 Å². The molecule has 21 heavy (non-hydrogen) atoms. The van der Waals surface area contributed by atoms with Gasteiger partial charge in [-0.05, 0) is 31.9 Å². The number of rotatable bonds is 5. The quantitative estimate of drug-likeness (QED) is 0.866. The van der Waals surface area contributed by atoms with Crippen molar-refractivity contribution in [3.8, 4) is 0 Å². The first-order chi connectivity index (χ1) is 9.94. The van der Waals surface area contributed by atoms with Crippen molar-refractivity contribution in [1.82, 2.24) is 5.32 Å². The second-order valence-corrected chi connectivity index (χ2v) is 7.47. The molecule has 1 aromatic rings. The zero-order chi connectivity index (χ0) is 15.5. The summed E-state index contributed by atoms with van der Waals surface area (Å²) in [4.78, 5) is 24.7. The molecule has 2 rings (SSSR count). The predicted molar refractivity (Wildman–Crippen MR) is 83.9 cm³/mol. The summed E-state index contributed by atoms with van der Waals surface area (Å²) >= 11 is 7.26. The molecule has 1 aromatic heterocycles. The number of carboxylic acid groups (broad SMARTS) is 1. The molecule has 1 fully saturated rings. The topological polar surface area (TPSA) is 66.4 Å². The van der Waals surface area contributed by atoms with E-state index in [0.717, 1.165) is 24.1 Å². The zero-order valence-corrected chi connectivity index (χ0v) is 13.6. The lowest BCUT2D eigenvalue weighted by Gasteiger charge is -2.33. The van der Waals surface area contributed by atoms with Gasteiger partial charge >= 0.3 is 5.97 Å². The summed E-state index contributed by atoms with van der Waals surface area (Å²) in [6.07, 6.45) is 4.19. The van der Waals surface area contributed by atoms with Crippen molar-refractivity contribution in [3.63, 3.8) is 0 Å². The molecule has 1 amide bonds. The van der Waals surface area contributed by atoms with Crippen LogP contribution in [0.1, 0.15) is 49.8 Å². The third-order valence-electron chi connectivity index (χ3n) is 4.28. The molecule has 116 valence electrons. The van der Waals surface area contributed by atoms with Crippen molar-refractivity contribution < 1.29 is 14.7 Å². The minimum atomic E-state index is -0.797. The Bertz CT molecular complexity index is 523. The van der Waals surface area contributed by atoms with Gasteiger partial charge in [-0.2, -0.15) is 0 Å². The van der Waals surface area contributed by atoms with Crippen LogP contribution in [0.3, 0.4) is 0 Å². The van der Waals surface area contributed by atoms with E-state index in [2.05, 4.69) is 5.32 Å². The summed E-state index contributed by atoms with van der Waals surface area (Å²) in [5.74, 6) is -1.24. The van der Waals surface area contributed by atoms with Gasteiger partial charge in [0.25, 0.3) is 0 Å². The zero-order valence-electron chi connectivity index (χ0n) is 12.0. The fourth-order valence-corrected chi connectivity index (χ4v) is 3.91. The Morgan fingerprint density at radius 2 is 2.05 bits per heavy atom. The van der Waals surface area contributed by atoms with Crippen molar-refractivity contribution in [2.75, 3.05) is 6.54 Å². The molecule has 2 N–H and O–H groups in total. The van der Waals surface area contributed by atoms with Gasteiger partial charge in [-0.15, -0.1) is 11.3 Å². The smallest absolute Gasteiger partial charge is 0.311 e. The van der Waals surface area contributed by atoms with Gasteiger partial charge in [-0.1, -0.05) is 30.9 Å². The average Bonchev–Trinajstić information content (AvgIpc) is 2.91. The van der Waals surface area contributed by atoms with Crippen LogP contribution in [0.25, 0.3) is 0 Å². The van der Waals surface area contributed by atoms with Crippen LogP contribution in [0, 0.1) is 5.41 Å². The van der Waals surface area contributed by atoms with Crippen LogP contribution in [0.15, 0.2) is 12.1 Å². The Balaban J connectivity index is 1.97. The Morgan fingerprint density at radius 3 is 2.57 bits per heavy atom. The third-order valence-corrected chi connectivity index (χ3v) is 5.69. The highest BCUT2D eigenvalue weighted by Gasteiger charge is 2.40. The van der Waals surface area contributed by atoms with E-state index in [1.807, 2.05) is 13.0 Å². The fourth-order valence-electron chi connectivity index (χ4n) is 2.79. The van der Waals surface area contributed by atoms with Crippen molar-refractivity contribution in [1.29, 1.82) is 0 Å². The van der Waals surface area contributed by atoms with E-state index in [0.29, 0.717) is 17.2 Å². The van der Waals surface area contributed by atoms with Gasteiger partial charge in [-0.3, -0.25) is 9.59 Å². The Morgan fingerprint density at radius 1 is 1.38 bits per heavy atom. The predicted octanol–water partition coefficient (Wildman–Crippen LogP) is 3.66. The van der Waals surface area contributed by atoms with Crippen LogP contribution >= 0.6 is 22.9 Å². The number of carbonyl (C=O) groups is 2. The molecule has 1 aliphatic rings. The lowest BCUT2D eigenvalue weighted by molar-refractivity contribution is -0.151. The van der Waals surface area contributed by atoms with Gasteiger partial charge in [-0.25, -0.2) is 0 Å². The summed E-state index contributed by atoms with van der Waals surface area (Å²) < 4.78 is 0.652. The van der Waals surface area contributed by atoms with Gasteiger partial charge in [0.05, 0.1) is 15.7 Å². The highest BCUT2D eigenvalue weighted by molar-refractivity contribution is 7.16. The molecule has 4 nitrogen and oxygen atoms in total. The number of carbonyl (C=O) groups excluding carboxylic acids is 1. The third kappa shape index (κ3) is 3.77. The second-order valence-electron chi connectivity index (χ2n) is 5.73. The maximum atomic E-state index is 12.2. The minimum Gasteiger partial charge on any atom is -0.481 e. The summed E-state index contributed by atoms with van der Waals surface area (Å²) in [6, 6.07) is 3.61. The van der Waals surface area contributed by atoms with Gasteiger partial charge in [0, 0.05) is 11.4 Å². The molecule has 0 saturated heterocycles. The van der Waals surface area contributed by atoms with E-state index in [-0.39, 0.29) is 18.4 Å². The standard InChI is InChI=1S/C15H20ClNO3S/c1-10(11-5-6-12(16)21-11)13(18)17-9-15(14(19)20)7-3-2-4-8-15/h5-6,10H,2-4,7-9H2,1H3,(H,17,18)(H,19,20). The number of amides is 1. The maximum absolute atomic E-state index is 12.2. The lowest BCUT2D eigenvalue weighted by Crippen LogP contribution is -2.45. The van der Waals surface area contributed by atoms with Crippen molar-refractivity contribution >= 4 is 34.8 Å². The molecule has 1 aliphatic carbocycles. The average molecular weight is 330 g/mol. The first-order valence-electron chi connectivity index (χ1n) is 7.21. The Labute approximate surface area is 133 Å². The summed E-state index contributed by atoms with van der Waals surface area (Å²) in [5.41, 5.74) is -0.791. The lowest BCUT2D eigenvalue weighted by atomic mass is 9.74. The molecule has 1 heterocycles. The van der Waals surface area contributed by atoms with E-state index in [1.165, 1.54) is 11.3 Å². The first-order valence-corrected chi connectivity index (χ1v) is 8.40. The first kappa shape index (κ1) is 16.3. The van der Waals surface area contributed by atoms with Crippen molar-refractivity contribution in [3.05, 3.63) is 21.3 Å². The van der Waals surface area contributed by atoms with E-state index < -0.39 is 11.4 Å². The Kier molecular flexibility index (Phi) is 5.27. The number of aliphatic carboxylic acids is 1. The van der Waals surface area contributed by atoms with Crippen LogP contribution < -0.4 is 5.32 Å². The second kappa shape index (κ2) is 6.79. The molecule has 0 aliphatic heterocycles. The van der Waals surface area contributed by atoms with Crippen LogP contribution in [-0.2, 0) is 9.59 Å². The van der Waals surface area contributed by atoms with E-state index in [1.54, 1.807) is 6.07 Å². The molecule has 1 atom stereocenters. The van der Waals surface area contributed by atoms with Crippen molar-refractivity contribution in [2.24, 2.45) is 5.41 Å². The van der Waals surface area contributed by atoms with E-state index >= 15 is 0 Å². The SMILES string of the molecule is CC(C(=O)NCC1(C(=O)O)CCCCC1)c1ccc(Cl)s1. The number of hydrogen-bond donors (Lipinski definition) is 2. The molecule has 0 spiro atoms. The van der Waals surface area contributed by atoms with Crippen LogP contribution in [0.4, 0.5) is 0 Å². The van der Waals surface area contributed by atoms with Gasteiger partial charge < -0.3 is 10.4 Å². The van der Waals surface area contributed by atoms with Gasteiger partial charge in [0.2, 0.25) is 5.91 Å². The summed E-state index contributed by atoms with van der Waals surface area (Å²) in [7, 11) is 0. The monoisotopic (exact) mass is 329 g/mol. The molecule has 0 bridgehead atoms. The van der Waals surface area contributed by atoms with Crippen molar-refractivity contribution in [2.45, 2.75) is 44.9 Å². The maximum Gasteiger partial charge on any atom is 0.311 e. The minimum absolute atomic E-state index is 0.139. The molecule has 6 heteroatoms. The summed E-state index contributed by atoms with van der Waals surface area (Å²) in [5, 5.41) is 12.3. The number of thiophene rings is 1. The van der Waals surface area contributed by atoms with Crippen LogP contribution in [0.5, 0.6) is 0 Å². The highest BCUT2D eigenvalue weighted by atomic mass is 35.5. The van der Waals surface area contributed by atoms with E-state index in [4.69, 9.17) is 11.6 Å². The Hall–Kier alpha value is -1.07. The molecule has 1 unspecified atom stereocenters. The van der Waals surface area contributed by atoms with Crippen LogP contribution in [0.2, 0.25) is 4.34 Å². The molecule has 0 radical (unpaired) electrons. The number of hydrogen-bond acceptors (Lipinski definition) is 3. The van der Waals surface area contributed by atoms with E-state index in [9.17, 15) is 14.7 Å². The fraction of sp³-hybridized carbons (Fsp3) is 0.600. The van der Waals surface area contributed by atoms with Gasteiger partial charge in [0.1, 0.15) is 0 Å².